The quantitative estimate of drug-likeness (QED) is 0.492. The Morgan fingerprint density at radius 2 is 1.54 bits per heavy atom. The van der Waals surface area contributed by atoms with Crippen LogP contribution in [0.15, 0.2) is 48.5 Å². The van der Waals surface area contributed by atoms with E-state index in [2.05, 4.69) is 0 Å². The fraction of sp³-hybridized carbons (Fsp3) is 0.111. The van der Waals surface area contributed by atoms with Crippen LogP contribution in [0.5, 0.6) is 5.75 Å². The summed E-state index contributed by atoms with van der Waals surface area (Å²) in [6.45, 7) is 0. The van der Waals surface area contributed by atoms with Crippen LogP contribution in [0.1, 0.15) is 28.8 Å². The van der Waals surface area contributed by atoms with Crippen molar-refractivity contribution >= 4 is 23.5 Å². The van der Waals surface area contributed by atoms with Gasteiger partial charge >= 0.3 is 5.97 Å². The van der Waals surface area contributed by atoms with Crippen LogP contribution in [-0.4, -0.2) is 17.8 Å². The van der Waals surface area contributed by atoms with E-state index in [0.717, 1.165) is 4.90 Å². The Kier molecular flexibility index (Phi) is 4.08. The van der Waals surface area contributed by atoms with E-state index in [-0.39, 0.29) is 24.7 Å². The molecule has 3 rings (SSSR count). The van der Waals surface area contributed by atoms with Gasteiger partial charge in [0.1, 0.15) is 5.75 Å². The zero-order chi connectivity index (χ0) is 17.1. The molecule has 0 atom stereocenters. The SMILES string of the molecule is N#Cc1ccc(OC(=O)c2ccc(N3C(=O)CCC3=O)cc2)cc1. The van der Waals surface area contributed by atoms with E-state index >= 15 is 0 Å². The summed E-state index contributed by atoms with van der Waals surface area (Å²) in [7, 11) is 0. The van der Waals surface area contributed by atoms with Crippen molar-refractivity contribution in [3.05, 3.63) is 59.7 Å². The number of anilines is 1. The van der Waals surface area contributed by atoms with Crippen molar-refractivity contribution in [2.24, 2.45) is 0 Å². The Hall–Kier alpha value is -3.46. The largest absolute Gasteiger partial charge is 0.423 e. The minimum absolute atomic E-state index is 0.210. The highest BCUT2D eigenvalue weighted by Crippen LogP contribution is 2.23. The number of rotatable bonds is 3. The van der Waals surface area contributed by atoms with Crippen molar-refractivity contribution in [1.29, 1.82) is 5.26 Å². The first-order valence-electron chi connectivity index (χ1n) is 7.26. The number of benzene rings is 2. The lowest BCUT2D eigenvalue weighted by Gasteiger charge is -2.14. The van der Waals surface area contributed by atoms with Crippen LogP contribution in [0.4, 0.5) is 5.69 Å². The first-order chi connectivity index (χ1) is 11.6. The van der Waals surface area contributed by atoms with Crippen molar-refractivity contribution in [1.82, 2.24) is 0 Å². The molecule has 2 amide bonds. The zero-order valence-electron chi connectivity index (χ0n) is 12.6. The lowest BCUT2D eigenvalue weighted by molar-refractivity contribution is -0.121. The zero-order valence-corrected chi connectivity index (χ0v) is 12.6. The van der Waals surface area contributed by atoms with Crippen LogP contribution < -0.4 is 9.64 Å². The third-order valence-corrected chi connectivity index (χ3v) is 3.61. The molecule has 0 aromatic heterocycles. The van der Waals surface area contributed by atoms with E-state index < -0.39 is 5.97 Å². The van der Waals surface area contributed by atoms with Crippen LogP contribution in [0.2, 0.25) is 0 Å². The predicted octanol–water partition coefficient (Wildman–Crippen LogP) is 2.43. The van der Waals surface area contributed by atoms with Gasteiger partial charge in [-0.25, -0.2) is 4.79 Å². The van der Waals surface area contributed by atoms with E-state index in [4.69, 9.17) is 10.00 Å². The highest BCUT2D eigenvalue weighted by Gasteiger charge is 2.30. The number of hydrogen-bond acceptors (Lipinski definition) is 5. The number of ether oxygens (including phenoxy) is 1. The number of nitriles is 1. The number of imide groups is 1. The van der Waals surface area contributed by atoms with Gasteiger partial charge in [0, 0.05) is 12.8 Å². The number of esters is 1. The molecule has 0 bridgehead atoms. The molecule has 2 aromatic rings. The normalized spacial score (nSPS) is 13.7. The van der Waals surface area contributed by atoms with Gasteiger partial charge in [-0.05, 0) is 48.5 Å². The molecule has 0 spiro atoms. The maximum atomic E-state index is 12.1. The molecule has 24 heavy (non-hydrogen) atoms. The molecule has 6 heteroatoms. The summed E-state index contributed by atoms with van der Waals surface area (Å²) >= 11 is 0. The molecule has 1 heterocycles. The first-order valence-corrected chi connectivity index (χ1v) is 7.26. The van der Waals surface area contributed by atoms with Gasteiger partial charge in [-0.1, -0.05) is 0 Å². The molecule has 1 saturated heterocycles. The van der Waals surface area contributed by atoms with Crippen molar-refractivity contribution in [3.63, 3.8) is 0 Å². The van der Waals surface area contributed by atoms with Crippen LogP contribution in [0, 0.1) is 11.3 Å². The highest BCUT2D eigenvalue weighted by atomic mass is 16.5. The predicted molar refractivity (Wildman–Crippen MR) is 84.3 cm³/mol. The molecular weight excluding hydrogens is 308 g/mol. The van der Waals surface area contributed by atoms with Crippen LogP contribution >= 0.6 is 0 Å². The molecule has 0 N–H and O–H groups in total. The van der Waals surface area contributed by atoms with Gasteiger partial charge in [-0.15, -0.1) is 0 Å². The second-order valence-corrected chi connectivity index (χ2v) is 5.20. The number of carbonyl (C=O) groups excluding carboxylic acids is 3. The average Bonchev–Trinajstić information content (AvgIpc) is 2.94. The molecule has 1 aliphatic heterocycles. The Balaban J connectivity index is 1.73. The minimum atomic E-state index is -0.565. The molecule has 0 aliphatic carbocycles. The second-order valence-electron chi connectivity index (χ2n) is 5.20. The molecule has 6 nitrogen and oxygen atoms in total. The van der Waals surface area contributed by atoms with Crippen molar-refractivity contribution in [2.75, 3.05) is 4.90 Å². The van der Waals surface area contributed by atoms with Gasteiger partial charge in [0.2, 0.25) is 11.8 Å². The fourth-order valence-electron chi connectivity index (χ4n) is 2.37. The summed E-state index contributed by atoms with van der Waals surface area (Å²) in [4.78, 5) is 36.6. The monoisotopic (exact) mass is 320 g/mol. The standard InChI is InChI=1S/C18H12N2O4/c19-11-12-1-7-15(8-2-12)24-18(23)13-3-5-14(6-4-13)20-16(21)9-10-17(20)22/h1-8H,9-10H2. The van der Waals surface area contributed by atoms with E-state index in [1.54, 1.807) is 12.1 Å². The smallest absolute Gasteiger partial charge is 0.343 e. The Morgan fingerprint density at radius 3 is 2.08 bits per heavy atom. The maximum absolute atomic E-state index is 12.1. The maximum Gasteiger partial charge on any atom is 0.343 e. The van der Waals surface area contributed by atoms with Crippen molar-refractivity contribution < 1.29 is 19.1 Å². The summed E-state index contributed by atoms with van der Waals surface area (Å²) in [5.74, 6) is -0.723. The molecule has 2 aromatic carbocycles. The van der Waals surface area contributed by atoms with E-state index in [0.29, 0.717) is 22.6 Å². The van der Waals surface area contributed by atoms with Gasteiger partial charge in [-0.2, -0.15) is 5.26 Å². The Morgan fingerprint density at radius 1 is 0.958 bits per heavy atom. The van der Waals surface area contributed by atoms with Gasteiger partial charge in [0.15, 0.2) is 0 Å². The summed E-state index contributed by atoms with van der Waals surface area (Å²) in [6, 6.07) is 14.2. The third-order valence-electron chi connectivity index (χ3n) is 3.61. The van der Waals surface area contributed by atoms with Crippen LogP contribution in [-0.2, 0) is 9.59 Å². The fourth-order valence-corrected chi connectivity index (χ4v) is 2.37. The number of nitrogens with zero attached hydrogens (tertiary/aromatic N) is 2. The van der Waals surface area contributed by atoms with Crippen LogP contribution in [0.25, 0.3) is 0 Å². The van der Waals surface area contributed by atoms with E-state index in [9.17, 15) is 14.4 Å². The average molecular weight is 320 g/mol. The Bertz CT molecular complexity index is 832. The third kappa shape index (κ3) is 3.01. The first kappa shape index (κ1) is 15.4. The van der Waals surface area contributed by atoms with Crippen molar-refractivity contribution in [3.8, 4) is 11.8 Å². The van der Waals surface area contributed by atoms with Crippen molar-refractivity contribution in [2.45, 2.75) is 12.8 Å². The Labute approximate surface area is 137 Å². The molecule has 1 fully saturated rings. The minimum Gasteiger partial charge on any atom is -0.423 e. The summed E-state index contributed by atoms with van der Waals surface area (Å²) in [5, 5.41) is 8.73. The second kappa shape index (κ2) is 6.34. The molecule has 0 unspecified atom stereocenters. The molecule has 1 aliphatic rings. The van der Waals surface area contributed by atoms with Gasteiger partial charge in [0.05, 0.1) is 22.9 Å². The number of carbonyl (C=O) groups is 3. The van der Waals surface area contributed by atoms with E-state index in [1.165, 1.54) is 36.4 Å². The molecule has 0 radical (unpaired) electrons. The lowest BCUT2D eigenvalue weighted by atomic mass is 10.2. The topological polar surface area (TPSA) is 87.5 Å². The highest BCUT2D eigenvalue weighted by molar-refractivity contribution is 6.19. The number of amides is 2. The van der Waals surface area contributed by atoms with Gasteiger partial charge in [-0.3, -0.25) is 14.5 Å². The molecule has 0 saturated carbocycles. The summed E-state index contributed by atoms with van der Waals surface area (Å²) in [6.07, 6.45) is 0.419. The van der Waals surface area contributed by atoms with Crippen LogP contribution in [0.3, 0.4) is 0 Å². The van der Waals surface area contributed by atoms with Gasteiger partial charge in [0.25, 0.3) is 0 Å². The summed E-state index contributed by atoms with van der Waals surface area (Å²) < 4.78 is 5.21. The van der Waals surface area contributed by atoms with Gasteiger partial charge < -0.3 is 4.74 Å². The molecular formula is C18H12N2O4. The molecule has 118 valence electrons. The van der Waals surface area contributed by atoms with E-state index in [1.807, 2.05) is 6.07 Å². The lowest BCUT2D eigenvalue weighted by Crippen LogP contribution is -2.28. The summed E-state index contributed by atoms with van der Waals surface area (Å²) in [5.41, 5.74) is 1.21. The number of hydrogen-bond donors (Lipinski definition) is 0.